The minimum atomic E-state index is -0.604. The highest BCUT2D eigenvalue weighted by Gasteiger charge is 2.32. The van der Waals surface area contributed by atoms with Crippen molar-refractivity contribution in [2.45, 2.75) is 18.9 Å². The highest BCUT2D eigenvalue weighted by molar-refractivity contribution is 5.49. The molecule has 1 aromatic carbocycles. The molecule has 1 rings (SSSR count). The van der Waals surface area contributed by atoms with E-state index in [0.717, 1.165) is 23.5 Å². The molecule has 17 heavy (non-hydrogen) atoms. The van der Waals surface area contributed by atoms with E-state index in [4.69, 9.17) is 19.9 Å². The number of ether oxygens (including phenoxy) is 3. The van der Waals surface area contributed by atoms with Gasteiger partial charge in [0.2, 0.25) is 0 Å². The third kappa shape index (κ3) is 2.70. The summed E-state index contributed by atoms with van der Waals surface area (Å²) in [5.41, 5.74) is 6.65. The van der Waals surface area contributed by atoms with Crippen molar-refractivity contribution in [3.63, 3.8) is 0 Å². The molecule has 2 N–H and O–H groups in total. The van der Waals surface area contributed by atoms with Crippen LogP contribution in [0.4, 0.5) is 0 Å². The van der Waals surface area contributed by atoms with Crippen LogP contribution in [-0.2, 0) is 10.3 Å². The van der Waals surface area contributed by atoms with Gasteiger partial charge in [-0.2, -0.15) is 0 Å². The quantitative estimate of drug-likeness (QED) is 0.824. The molecule has 0 aliphatic carbocycles. The Bertz CT molecular complexity index is 345. The minimum absolute atomic E-state index is 0.417. The van der Waals surface area contributed by atoms with Crippen molar-refractivity contribution in [2.24, 2.45) is 5.73 Å². The molecule has 0 aliphatic rings. The Labute approximate surface area is 103 Å². The third-order valence-corrected chi connectivity index (χ3v) is 2.96. The van der Waals surface area contributed by atoms with Crippen LogP contribution in [0.15, 0.2) is 18.2 Å². The fraction of sp³-hybridized carbons (Fsp3) is 0.538. The molecule has 0 saturated heterocycles. The predicted molar refractivity (Wildman–Crippen MR) is 67.6 cm³/mol. The monoisotopic (exact) mass is 239 g/mol. The van der Waals surface area contributed by atoms with E-state index in [1.54, 1.807) is 21.3 Å². The number of hydrogen-bond acceptors (Lipinski definition) is 4. The van der Waals surface area contributed by atoms with Crippen LogP contribution in [-0.4, -0.2) is 27.9 Å². The Kier molecular flexibility index (Phi) is 4.78. The summed E-state index contributed by atoms with van der Waals surface area (Å²) in [6.45, 7) is 2.44. The first-order chi connectivity index (χ1) is 8.12. The second-order valence-electron chi connectivity index (χ2n) is 3.98. The molecule has 0 amide bonds. The lowest BCUT2D eigenvalue weighted by Crippen LogP contribution is -2.41. The summed E-state index contributed by atoms with van der Waals surface area (Å²) in [6, 6.07) is 5.64. The van der Waals surface area contributed by atoms with E-state index in [2.05, 4.69) is 0 Å². The fourth-order valence-corrected chi connectivity index (χ4v) is 1.95. The standard InChI is InChI=1S/C13H21NO3/c1-5-13(14,9-15-2)12-10(16-3)7-6-8-11(12)17-4/h6-8H,5,9,14H2,1-4H3. The normalized spacial score (nSPS) is 14.2. The van der Waals surface area contributed by atoms with E-state index < -0.39 is 5.54 Å². The molecule has 0 saturated carbocycles. The summed E-state index contributed by atoms with van der Waals surface area (Å²) < 4.78 is 15.9. The third-order valence-electron chi connectivity index (χ3n) is 2.96. The summed E-state index contributed by atoms with van der Waals surface area (Å²) >= 11 is 0. The molecule has 4 nitrogen and oxygen atoms in total. The molecule has 0 bridgehead atoms. The van der Waals surface area contributed by atoms with Crippen molar-refractivity contribution in [1.29, 1.82) is 0 Å². The maximum absolute atomic E-state index is 6.40. The van der Waals surface area contributed by atoms with Gasteiger partial charge in [-0.3, -0.25) is 0 Å². The van der Waals surface area contributed by atoms with Crippen molar-refractivity contribution in [1.82, 2.24) is 0 Å². The minimum Gasteiger partial charge on any atom is -0.496 e. The largest absolute Gasteiger partial charge is 0.496 e. The zero-order chi connectivity index (χ0) is 12.9. The van der Waals surface area contributed by atoms with Crippen molar-refractivity contribution in [3.05, 3.63) is 23.8 Å². The van der Waals surface area contributed by atoms with Gasteiger partial charge in [-0.1, -0.05) is 13.0 Å². The van der Waals surface area contributed by atoms with Gasteiger partial charge < -0.3 is 19.9 Å². The molecule has 1 aromatic rings. The second kappa shape index (κ2) is 5.89. The maximum Gasteiger partial charge on any atom is 0.127 e. The van der Waals surface area contributed by atoms with Gasteiger partial charge in [0.1, 0.15) is 11.5 Å². The van der Waals surface area contributed by atoms with Crippen LogP contribution < -0.4 is 15.2 Å². The van der Waals surface area contributed by atoms with E-state index in [-0.39, 0.29) is 0 Å². The molecule has 96 valence electrons. The zero-order valence-corrected chi connectivity index (χ0v) is 10.9. The van der Waals surface area contributed by atoms with Crippen LogP contribution in [0.2, 0.25) is 0 Å². The Morgan fingerprint density at radius 3 is 2.00 bits per heavy atom. The van der Waals surface area contributed by atoms with Gasteiger partial charge in [0.15, 0.2) is 0 Å². The Hall–Kier alpha value is -1.26. The average Bonchev–Trinajstić information content (AvgIpc) is 2.37. The van der Waals surface area contributed by atoms with Gasteiger partial charge in [-0.15, -0.1) is 0 Å². The van der Waals surface area contributed by atoms with Crippen LogP contribution in [0.1, 0.15) is 18.9 Å². The lowest BCUT2D eigenvalue weighted by atomic mass is 9.87. The first kappa shape index (κ1) is 13.8. The molecule has 0 heterocycles. The molecule has 0 radical (unpaired) electrons. The van der Waals surface area contributed by atoms with Crippen molar-refractivity contribution >= 4 is 0 Å². The van der Waals surface area contributed by atoms with E-state index in [9.17, 15) is 0 Å². The van der Waals surface area contributed by atoms with Crippen LogP contribution >= 0.6 is 0 Å². The van der Waals surface area contributed by atoms with Crippen LogP contribution in [0.25, 0.3) is 0 Å². The number of methoxy groups -OCH3 is 3. The van der Waals surface area contributed by atoms with Gasteiger partial charge in [0.25, 0.3) is 0 Å². The number of benzene rings is 1. The lowest BCUT2D eigenvalue weighted by molar-refractivity contribution is 0.125. The summed E-state index contributed by atoms with van der Waals surface area (Å²) in [7, 11) is 4.89. The van der Waals surface area contributed by atoms with E-state index in [1.165, 1.54) is 0 Å². The highest BCUT2D eigenvalue weighted by Crippen LogP contribution is 2.38. The average molecular weight is 239 g/mol. The molecule has 1 atom stereocenters. The Balaban J connectivity index is 3.33. The Morgan fingerprint density at radius 1 is 1.12 bits per heavy atom. The van der Waals surface area contributed by atoms with Gasteiger partial charge in [0.05, 0.1) is 31.9 Å². The maximum atomic E-state index is 6.40. The Morgan fingerprint density at radius 2 is 1.65 bits per heavy atom. The molecular weight excluding hydrogens is 218 g/mol. The van der Waals surface area contributed by atoms with Gasteiger partial charge in [0, 0.05) is 7.11 Å². The van der Waals surface area contributed by atoms with E-state index in [1.807, 2.05) is 25.1 Å². The van der Waals surface area contributed by atoms with Crippen molar-refractivity contribution in [3.8, 4) is 11.5 Å². The van der Waals surface area contributed by atoms with Gasteiger partial charge in [-0.25, -0.2) is 0 Å². The number of nitrogens with two attached hydrogens (primary N) is 1. The second-order valence-corrected chi connectivity index (χ2v) is 3.98. The predicted octanol–water partition coefficient (Wildman–Crippen LogP) is 1.91. The highest BCUT2D eigenvalue weighted by atomic mass is 16.5. The summed E-state index contributed by atoms with van der Waals surface area (Å²) in [5, 5.41) is 0. The molecule has 0 aromatic heterocycles. The first-order valence-corrected chi connectivity index (χ1v) is 5.62. The smallest absolute Gasteiger partial charge is 0.127 e. The summed E-state index contributed by atoms with van der Waals surface area (Å²) in [4.78, 5) is 0. The number of rotatable bonds is 6. The number of hydrogen-bond donors (Lipinski definition) is 1. The van der Waals surface area contributed by atoms with Gasteiger partial charge >= 0.3 is 0 Å². The first-order valence-electron chi connectivity index (χ1n) is 5.62. The summed E-state index contributed by atoms with van der Waals surface area (Å²) in [5.74, 6) is 1.46. The molecule has 0 spiro atoms. The molecule has 0 aliphatic heterocycles. The van der Waals surface area contributed by atoms with Crippen molar-refractivity contribution < 1.29 is 14.2 Å². The van der Waals surface area contributed by atoms with Crippen LogP contribution in [0.3, 0.4) is 0 Å². The zero-order valence-electron chi connectivity index (χ0n) is 10.9. The fourth-order valence-electron chi connectivity index (χ4n) is 1.95. The SMILES string of the molecule is CCC(N)(COC)c1c(OC)cccc1OC. The van der Waals surface area contributed by atoms with Crippen LogP contribution in [0, 0.1) is 0 Å². The summed E-state index contributed by atoms with van der Waals surface area (Å²) in [6.07, 6.45) is 0.734. The molecule has 4 heteroatoms. The molecule has 1 unspecified atom stereocenters. The van der Waals surface area contributed by atoms with E-state index >= 15 is 0 Å². The van der Waals surface area contributed by atoms with Gasteiger partial charge in [-0.05, 0) is 18.6 Å². The lowest BCUT2D eigenvalue weighted by Gasteiger charge is -2.30. The topological polar surface area (TPSA) is 53.7 Å². The molecule has 0 fully saturated rings. The van der Waals surface area contributed by atoms with Crippen molar-refractivity contribution in [2.75, 3.05) is 27.9 Å². The van der Waals surface area contributed by atoms with Crippen LogP contribution in [0.5, 0.6) is 11.5 Å². The van der Waals surface area contributed by atoms with E-state index in [0.29, 0.717) is 6.61 Å². The molecular formula is C13H21NO3.